The van der Waals surface area contributed by atoms with Gasteiger partial charge in [0.05, 0.1) is 11.3 Å². The number of thioether (sulfide) groups is 1. The van der Waals surface area contributed by atoms with Gasteiger partial charge in [0, 0.05) is 11.3 Å². The molecule has 1 aromatic carbocycles. The fourth-order valence-electron chi connectivity index (χ4n) is 2.76. The number of hydrogen-bond acceptors (Lipinski definition) is 4. The highest BCUT2D eigenvalue weighted by Crippen LogP contribution is 2.27. The summed E-state index contributed by atoms with van der Waals surface area (Å²) in [6.07, 6.45) is 4.29. The molecule has 1 aliphatic carbocycles. The molecule has 0 saturated heterocycles. The molecule has 0 amide bonds. The van der Waals surface area contributed by atoms with Crippen molar-refractivity contribution in [2.75, 3.05) is 5.75 Å². The van der Waals surface area contributed by atoms with E-state index in [0.717, 1.165) is 36.9 Å². The van der Waals surface area contributed by atoms with E-state index in [0.29, 0.717) is 21.9 Å². The van der Waals surface area contributed by atoms with Crippen LogP contribution >= 0.6 is 11.8 Å². The average Bonchev–Trinajstić information content (AvgIpc) is 2.59. The summed E-state index contributed by atoms with van der Waals surface area (Å²) < 4.78 is 0. The van der Waals surface area contributed by atoms with Crippen LogP contribution in [0.4, 0.5) is 0 Å². The molecular weight excluding hydrogens is 304 g/mol. The molecule has 1 aliphatic rings. The predicted octanol–water partition coefficient (Wildman–Crippen LogP) is 4.12. The van der Waals surface area contributed by atoms with Crippen LogP contribution in [0.25, 0.3) is 0 Å². The summed E-state index contributed by atoms with van der Waals surface area (Å²) in [6.45, 7) is 2.00. The van der Waals surface area contributed by atoms with Crippen LogP contribution in [0.5, 0.6) is 0 Å². The van der Waals surface area contributed by atoms with Gasteiger partial charge in [-0.15, -0.1) is 0 Å². The van der Waals surface area contributed by atoms with Gasteiger partial charge in [0.25, 0.3) is 0 Å². The molecule has 0 unspecified atom stereocenters. The third kappa shape index (κ3) is 3.62. The molecule has 1 aromatic heterocycles. The number of pyridine rings is 1. The van der Waals surface area contributed by atoms with Gasteiger partial charge < -0.3 is 0 Å². The van der Waals surface area contributed by atoms with Crippen molar-refractivity contribution in [3.8, 4) is 6.07 Å². The van der Waals surface area contributed by atoms with Gasteiger partial charge >= 0.3 is 0 Å². The monoisotopic (exact) mass is 322 g/mol. The molecule has 116 valence electrons. The minimum absolute atomic E-state index is 0.0680. The second-order valence-corrected chi connectivity index (χ2v) is 6.81. The molecule has 0 bridgehead atoms. The van der Waals surface area contributed by atoms with Crippen LogP contribution in [-0.2, 0) is 12.8 Å². The van der Waals surface area contributed by atoms with E-state index in [1.165, 1.54) is 17.3 Å². The Balaban J connectivity index is 1.76. The molecule has 2 aromatic rings. The number of aryl methyl sites for hydroxylation is 3. The third-order valence-corrected chi connectivity index (χ3v) is 5.09. The van der Waals surface area contributed by atoms with E-state index in [2.05, 4.69) is 11.1 Å². The number of rotatable bonds is 4. The largest absolute Gasteiger partial charge is 0.293 e. The number of ketones is 1. The molecule has 0 spiro atoms. The normalized spacial score (nSPS) is 13.2. The molecule has 23 heavy (non-hydrogen) atoms. The van der Waals surface area contributed by atoms with E-state index >= 15 is 0 Å². The number of carbonyl (C=O) groups excluding carboxylic acids is 1. The van der Waals surface area contributed by atoms with Gasteiger partial charge in [-0.3, -0.25) is 4.79 Å². The number of aromatic nitrogens is 1. The molecule has 4 heteroatoms. The Kier molecular flexibility index (Phi) is 4.78. The van der Waals surface area contributed by atoms with Gasteiger partial charge in [-0.05, 0) is 44.2 Å². The predicted molar refractivity (Wildman–Crippen MR) is 91.8 cm³/mol. The Morgan fingerprint density at radius 1 is 1.26 bits per heavy atom. The molecule has 0 saturated carbocycles. The molecule has 3 nitrogen and oxygen atoms in total. The number of nitrogens with zero attached hydrogens (tertiary/aromatic N) is 2. The lowest BCUT2D eigenvalue weighted by Crippen LogP contribution is -2.08. The number of fused-ring (bicyclic) bond motifs is 1. The Bertz CT molecular complexity index is 775. The summed E-state index contributed by atoms with van der Waals surface area (Å²) in [5.41, 5.74) is 4.73. The zero-order valence-electron chi connectivity index (χ0n) is 13.1. The highest BCUT2D eigenvalue weighted by molar-refractivity contribution is 8.00. The van der Waals surface area contributed by atoms with Crippen molar-refractivity contribution in [2.45, 2.75) is 37.6 Å². The van der Waals surface area contributed by atoms with Crippen molar-refractivity contribution in [3.05, 3.63) is 58.3 Å². The Labute approximate surface area is 140 Å². The Morgan fingerprint density at radius 2 is 2.00 bits per heavy atom. The van der Waals surface area contributed by atoms with Gasteiger partial charge in [0.1, 0.15) is 11.1 Å². The summed E-state index contributed by atoms with van der Waals surface area (Å²) in [5.74, 6) is 0.377. The molecule has 0 fully saturated rings. The highest BCUT2D eigenvalue weighted by Gasteiger charge is 2.16. The summed E-state index contributed by atoms with van der Waals surface area (Å²) in [7, 11) is 0. The molecule has 1 heterocycles. The fraction of sp³-hybridized carbons (Fsp3) is 0.316. The zero-order valence-corrected chi connectivity index (χ0v) is 13.9. The first-order chi connectivity index (χ1) is 11.2. The van der Waals surface area contributed by atoms with Gasteiger partial charge in [0.2, 0.25) is 0 Å². The van der Waals surface area contributed by atoms with E-state index in [4.69, 9.17) is 0 Å². The van der Waals surface area contributed by atoms with Crippen LogP contribution < -0.4 is 0 Å². The molecule has 3 rings (SSSR count). The van der Waals surface area contributed by atoms with Crippen molar-refractivity contribution >= 4 is 17.5 Å². The van der Waals surface area contributed by atoms with Gasteiger partial charge in [0.15, 0.2) is 5.78 Å². The lowest BCUT2D eigenvalue weighted by Gasteiger charge is -2.16. The molecule has 0 atom stereocenters. The summed E-state index contributed by atoms with van der Waals surface area (Å²) in [6, 6.07) is 11.8. The maximum atomic E-state index is 12.3. The van der Waals surface area contributed by atoms with Crippen LogP contribution in [0.1, 0.15) is 45.6 Å². The van der Waals surface area contributed by atoms with E-state index in [-0.39, 0.29) is 5.78 Å². The minimum atomic E-state index is 0.0680. The van der Waals surface area contributed by atoms with Crippen LogP contribution in [0.15, 0.2) is 35.4 Å². The smallest absolute Gasteiger partial charge is 0.173 e. The standard InChI is InChI=1S/C19H18N2OS/c1-13-6-8-14(9-7-13)18(22)12-23-19-16(11-20)10-15-4-2-3-5-17(15)21-19/h6-10H,2-5,12H2,1H3. The lowest BCUT2D eigenvalue weighted by molar-refractivity contribution is 0.102. The number of hydrogen-bond donors (Lipinski definition) is 0. The first-order valence-electron chi connectivity index (χ1n) is 7.83. The molecular formula is C19H18N2OS. The van der Waals surface area contributed by atoms with E-state index in [9.17, 15) is 10.1 Å². The summed E-state index contributed by atoms with van der Waals surface area (Å²) in [4.78, 5) is 16.9. The minimum Gasteiger partial charge on any atom is -0.293 e. The van der Waals surface area contributed by atoms with Crippen molar-refractivity contribution in [2.24, 2.45) is 0 Å². The number of Topliss-reactive ketones (excluding diaryl/α,β-unsaturated/α-hetero) is 1. The van der Waals surface area contributed by atoms with Crippen molar-refractivity contribution < 1.29 is 4.79 Å². The number of carbonyl (C=O) groups is 1. The Hall–Kier alpha value is -2.12. The topological polar surface area (TPSA) is 53.8 Å². The first kappa shape index (κ1) is 15.8. The molecule has 0 radical (unpaired) electrons. The van der Waals surface area contributed by atoms with E-state index < -0.39 is 0 Å². The SMILES string of the molecule is Cc1ccc(C(=O)CSc2nc3c(cc2C#N)CCCC3)cc1. The van der Waals surface area contributed by atoms with Crippen molar-refractivity contribution in [1.82, 2.24) is 4.98 Å². The Morgan fingerprint density at radius 3 is 2.74 bits per heavy atom. The van der Waals surface area contributed by atoms with E-state index in [1.54, 1.807) is 0 Å². The fourth-order valence-corrected chi connectivity index (χ4v) is 3.63. The number of benzene rings is 1. The third-order valence-electron chi connectivity index (χ3n) is 4.10. The maximum Gasteiger partial charge on any atom is 0.173 e. The molecule has 0 N–H and O–H groups in total. The second kappa shape index (κ2) is 6.97. The lowest BCUT2D eigenvalue weighted by atomic mass is 9.95. The zero-order chi connectivity index (χ0) is 16.2. The maximum absolute atomic E-state index is 12.3. The van der Waals surface area contributed by atoms with Crippen molar-refractivity contribution in [1.29, 1.82) is 5.26 Å². The number of nitriles is 1. The highest BCUT2D eigenvalue weighted by atomic mass is 32.2. The van der Waals surface area contributed by atoms with Crippen LogP contribution in [0.3, 0.4) is 0 Å². The quantitative estimate of drug-likeness (QED) is 0.628. The van der Waals surface area contributed by atoms with Crippen LogP contribution in [-0.4, -0.2) is 16.5 Å². The van der Waals surface area contributed by atoms with Gasteiger partial charge in [-0.25, -0.2) is 4.98 Å². The van der Waals surface area contributed by atoms with E-state index in [1.807, 2.05) is 37.3 Å². The second-order valence-electron chi connectivity index (χ2n) is 5.84. The average molecular weight is 322 g/mol. The van der Waals surface area contributed by atoms with Crippen molar-refractivity contribution in [3.63, 3.8) is 0 Å². The van der Waals surface area contributed by atoms with Gasteiger partial charge in [-0.2, -0.15) is 5.26 Å². The van der Waals surface area contributed by atoms with Crippen LogP contribution in [0.2, 0.25) is 0 Å². The summed E-state index contributed by atoms with van der Waals surface area (Å²) >= 11 is 1.37. The summed E-state index contributed by atoms with van der Waals surface area (Å²) in [5, 5.41) is 10.0. The molecule has 0 aliphatic heterocycles. The first-order valence-corrected chi connectivity index (χ1v) is 8.81. The van der Waals surface area contributed by atoms with Crippen LogP contribution in [0, 0.1) is 18.3 Å². The van der Waals surface area contributed by atoms with Gasteiger partial charge in [-0.1, -0.05) is 41.6 Å².